The molecule has 1 heterocycles. The van der Waals surface area contributed by atoms with E-state index in [1.165, 1.54) is 69.2 Å². The summed E-state index contributed by atoms with van der Waals surface area (Å²) in [6.07, 6.45) is 14.2. The standard InChI is InChI=1S/C17H28N4/c18-10-12-8-15(9-12)21-11-16(17(20-21)13-6-7-13)19-14-4-2-1-3-5-14/h11-15,19H,1-10,18H2. The third-order valence-electron chi connectivity index (χ3n) is 5.61. The van der Waals surface area contributed by atoms with Gasteiger partial charge < -0.3 is 11.1 Å². The van der Waals surface area contributed by atoms with Crippen molar-refractivity contribution in [3.8, 4) is 0 Å². The van der Waals surface area contributed by atoms with Crippen molar-refractivity contribution < 1.29 is 0 Å². The third kappa shape index (κ3) is 2.83. The van der Waals surface area contributed by atoms with Gasteiger partial charge in [0.05, 0.1) is 17.4 Å². The molecule has 0 radical (unpaired) electrons. The van der Waals surface area contributed by atoms with Gasteiger partial charge in [-0.25, -0.2) is 0 Å². The van der Waals surface area contributed by atoms with Gasteiger partial charge in [0.2, 0.25) is 0 Å². The summed E-state index contributed by atoms with van der Waals surface area (Å²) in [5, 5.41) is 8.75. The molecule has 0 amide bonds. The van der Waals surface area contributed by atoms with Crippen LogP contribution in [0.3, 0.4) is 0 Å². The van der Waals surface area contributed by atoms with E-state index in [0.717, 1.165) is 18.4 Å². The lowest BCUT2D eigenvalue weighted by Crippen LogP contribution is -2.32. The van der Waals surface area contributed by atoms with Crippen molar-refractivity contribution in [2.45, 2.75) is 75.8 Å². The van der Waals surface area contributed by atoms with Gasteiger partial charge in [-0.3, -0.25) is 4.68 Å². The van der Waals surface area contributed by atoms with E-state index in [9.17, 15) is 0 Å². The topological polar surface area (TPSA) is 55.9 Å². The molecule has 4 heteroatoms. The third-order valence-corrected chi connectivity index (χ3v) is 5.61. The van der Waals surface area contributed by atoms with Crippen LogP contribution < -0.4 is 11.1 Å². The molecule has 3 fully saturated rings. The Labute approximate surface area is 127 Å². The van der Waals surface area contributed by atoms with E-state index in [1.54, 1.807) is 0 Å². The maximum Gasteiger partial charge on any atom is 0.0886 e. The molecule has 0 bridgehead atoms. The average molecular weight is 288 g/mol. The highest BCUT2D eigenvalue weighted by atomic mass is 15.3. The van der Waals surface area contributed by atoms with Crippen LogP contribution in [0.2, 0.25) is 0 Å². The molecule has 4 nitrogen and oxygen atoms in total. The van der Waals surface area contributed by atoms with Crippen molar-refractivity contribution in [3.63, 3.8) is 0 Å². The Bertz CT molecular complexity index is 479. The zero-order chi connectivity index (χ0) is 14.2. The molecule has 0 saturated heterocycles. The van der Waals surface area contributed by atoms with E-state index in [2.05, 4.69) is 16.2 Å². The Hall–Kier alpha value is -1.03. The summed E-state index contributed by atoms with van der Waals surface area (Å²) < 4.78 is 2.24. The monoisotopic (exact) mass is 288 g/mol. The van der Waals surface area contributed by atoms with Crippen LogP contribution >= 0.6 is 0 Å². The molecule has 1 aromatic rings. The molecule has 116 valence electrons. The van der Waals surface area contributed by atoms with Crippen molar-refractivity contribution in [1.29, 1.82) is 0 Å². The lowest BCUT2D eigenvalue weighted by molar-refractivity contribution is 0.189. The van der Waals surface area contributed by atoms with E-state index in [0.29, 0.717) is 12.1 Å². The molecule has 0 spiro atoms. The van der Waals surface area contributed by atoms with Gasteiger partial charge >= 0.3 is 0 Å². The second-order valence-corrected chi connectivity index (χ2v) is 7.39. The van der Waals surface area contributed by atoms with Gasteiger partial charge in [-0.15, -0.1) is 0 Å². The van der Waals surface area contributed by atoms with Crippen LogP contribution in [-0.4, -0.2) is 22.4 Å². The molecular weight excluding hydrogens is 260 g/mol. The van der Waals surface area contributed by atoms with E-state index < -0.39 is 0 Å². The Morgan fingerprint density at radius 2 is 1.90 bits per heavy atom. The minimum absolute atomic E-state index is 0.595. The quantitative estimate of drug-likeness (QED) is 0.873. The van der Waals surface area contributed by atoms with Crippen molar-refractivity contribution in [2.24, 2.45) is 11.7 Å². The number of nitrogens with two attached hydrogens (primary N) is 1. The number of aromatic nitrogens is 2. The molecule has 0 aliphatic heterocycles. The summed E-state index contributed by atoms with van der Waals surface area (Å²) in [7, 11) is 0. The Morgan fingerprint density at radius 1 is 1.14 bits per heavy atom. The Kier molecular flexibility index (Phi) is 3.66. The van der Waals surface area contributed by atoms with Gasteiger partial charge in [0.25, 0.3) is 0 Å². The van der Waals surface area contributed by atoms with E-state index in [-0.39, 0.29) is 0 Å². The molecule has 0 unspecified atom stereocenters. The van der Waals surface area contributed by atoms with Crippen LogP contribution in [0.1, 0.15) is 75.4 Å². The van der Waals surface area contributed by atoms with Gasteiger partial charge in [0.1, 0.15) is 0 Å². The summed E-state index contributed by atoms with van der Waals surface area (Å²) >= 11 is 0. The SMILES string of the molecule is NCC1CC(n2cc(NC3CCCCC3)c(C3CC3)n2)C1. The fourth-order valence-corrected chi connectivity index (χ4v) is 3.94. The van der Waals surface area contributed by atoms with Crippen LogP contribution in [0, 0.1) is 5.92 Å². The number of nitrogens with one attached hydrogen (secondary N) is 1. The van der Waals surface area contributed by atoms with E-state index in [1.807, 2.05) is 0 Å². The van der Waals surface area contributed by atoms with Crippen molar-refractivity contribution in [1.82, 2.24) is 9.78 Å². The van der Waals surface area contributed by atoms with Crippen LogP contribution in [0.5, 0.6) is 0 Å². The fraction of sp³-hybridized carbons (Fsp3) is 0.824. The van der Waals surface area contributed by atoms with Crippen LogP contribution in [0.25, 0.3) is 0 Å². The smallest absolute Gasteiger partial charge is 0.0886 e. The number of hydrogen-bond acceptors (Lipinski definition) is 3. The largest absolute Gasteiger partial charge is 0.380 e. The number of rotatable bonds is 5. The average Bonchev–Trinajstić information content (AvgIpc) is 3.22. The minimum Gasteiger partial charge on any atom is -0.380 e. The first-order valence-corrected chi connectivity index (χ1v) is 8.89. The Balaban J connectivity index is 1.47. The van der Waals surface area contributed by atoms with Crippen LogP contribution in [0.4, 0.5) is 5.69 Å². The second kappa shape index (κ2) is 5.64. The highest BCUT2D eigenvalue weighted by Gasteiger charge is 2.34. The van der Waals surface area contributed by atoms with E-state index >= 15 is 0 Å². The van der Waals surface area contributed by atoms with Gasteiger partial charge in [-0.05, 0) is 51.0 Å². The highest BCUT2D eigenvalue weighted by molar-refractivity contribution is 5.50. The molecule has 21 heavy (non-hydrogen) atoms. The summed E-state index contributed by atoms with van der Waals surface area (Å²) in [5.74, 6) is 1.45. The van der Waals surface area contributed by atoms with Crippen LogP contribution in [0.15, 0.2) is 6.20 Å². The maximum atomic E-state index is 5.75. The predicted molar refractivity (Wildman–Crippen MR) is 85.5 cm³/mol. The van der Waals surface area contributed by atoms with Gasteiger partial charge in [0.15, 0.2) is 0 Å². The second-order valence-electron chi connectivity index (χ2n) is 7.39. The van der Waals surface area contributed by atoms with Crippen LogP contribution in [-0.2, 0) is 0 Å². The number of anilines is 1. The van der Waals surface area contributed by atoms with Crippen molar-refractivity contribution in [2.75, 3.05) is 11.9 Å². The maximum absolute atomic E-state index is 5.75. The molecule has 1 aromatic heterocycles. The summed E-state index contributed by atoms with van der Waals surface area (Å²) in [4.78, 5) is 0. The normalized spacial score (nSPS) is 30.1. The lowest BCUT2D eigenvalue weighted by atomic mass is 9.80. The van der Waals surface area contributed by atoms with Crippen molar-refractivity contribution in [3.05, 3.63) is 11.9 Å². The van der Waals surface area contributed by atoms with Crippen molar-refractivity contribution >= 4 is 5.69 Å². The molecule has 3 aliphatic rings. The minimum atomic E-state index is 0.595. The predicted octanol–water partition coefficient (Wildman–Crippen LogP) is 3.41. The zero-order valence-corrected chi connectivity index (χ0v) is 12.9. The first-order chi connectivity index (χ1) is 10.3. The number of nitrogens with zero attached hydrogens (tertiary/aromatic N) is 2. The lowest BCUT2D eigenvalue weighted by Gasteiger charge is -2.34. The zero-order valence-electron chi connectivity index (χ0n) is 12.9. The molecule has 4 rings (SSSR count). The van der Waals surface area contributed by atoms with Gasteiger partial charge in [0, 0.05) is 18.2 Å². The highest BCUT2D eigenvalue weighted by Crippen LogP contribution is 2.45. The molecular formula is C17H28N4. The van der Waals surface area contributed by atoms with E-state index in [4.69, 9.17) is 10.8 Å². The molecule has 3 N–H and O–H groups in total. The molecule has 3 aliphatic carbocycles. The summed E-state index contributed by atoms with van der Waals surface area (Å²) in [5.41, 5.74) is 8.43. The van der Waals surface area contributed by atoms with Gasteiger partial charge in [-0.2, -0.15) is 5.10 Å². The molecule has 3 saturated carbocycles. The first-order valence-electron chi connectivity index (χ1n) is 8.89. The number of hydrogen-bond donors (Lipinski definition) is 2. The summed E-state index contributed by atoms with van der Waals surface area (Å²) in [6.45, 7) is 0.834. The molecule has 0 aromatic carbocycles. The molecule has 0 atom stereocenters. The fourth-order valence-electron chi connectivity index (χ4n) is 3.94. The van der Waals surface area contributed by atoms with Gasteiger partial charge in [-0.1, -0.05) is 19.3 Å². The Morgan fingerprint density at radius 3 is 2.57 bits per heavy atom. The summed E-state index contributed by atoms with van der Waals surface area (Å²) in [6, 6.07) is 1.27. The first kappa shape index (κ1) is 13.6.